The molecule has 1 aliphatic rings. The van der Waals surface area contributed by atoms with Crippen LogP contribution in [-0.2, 0) is 14.8 Å². The molecule has 0 saturated carbocycles. The van der Waals surface area contributed by atoms with Gasteiger partial charge in [0.2, 0.25) is 15.9 Å². The van der Waals surface area contributed by atoms with Crippen LogP contribution in [0.15, 0.2) is 17.5 Å². The van der Waals surface area contributed by atoms with Gasteiger partial charge in [-0.25, -0.2) is 12.7 Å². The molecular weight excluding hydrogens is 334 g/mol. The number of amides is 1. The van der Waals surface area contributed by atoms with Gasteiger partial charge in [-0.15, -0.1) is 11.3 Å². The van der Waals surface area contributed by atoms with Gasteiger partial charge in [0.15, 0.2) is 0 Å². The lowest BCUT2D eigenvalue weighted by molar-refractivity contribution is -0.126. The van der Waals surface area contributed by atoms with Crippen molar-refractivity contribution in [2.45, 2.75) is 18.9 Å². The third kappa shape index (κ3) is 5.00. The first kappa shape index (κ1) is 18.4. The number of likely N-dealkylation sites (N-methyl/N-ethyl adjacent to an activating group) is 1. The SMILES string of the molecule is CN(C)[C@@H](CNC(=O)C1CCN(S(C)(=O)=O)CC1)c1cccs1. The van der Waals surface area contributed by atoms with Crippen LogP contribution in [0.25, 0.3) is 0 Å². The van der Waals surface area contributed by atoms with Gasteiger partial charge in [0.05, 0.1) is 12.3 Å². The Balaban J connectivity index is 1.85. The molecule has 0 radical (unpaired) electrons. The smallest absolute Gasteiger partial charge is 0.223 e. The molecular formula is C15H25N3O3S2. The van der Waals surface area contributed by atoms with Crippen LogP contribution in [0.3, 0.4) is 0 Å². The van der Waals surface area contributed by atoms with E-state index in [9.17, 15) is 13.2 Å². The molecule has 6 nitrogen and oxygen atoms in total. The van der Waals surface area contributed by atoms with Gasteiger partial charge in [-0.3, -0.25) is 4.79 Å². The third-order valence-electron chi connectivity index (χ3n) is 4.26. The number of nitrogens with one attached hydrogen (secondary N) is 1. The highest BCUT2D eigenvalue weighted by atomic mass is 32.2. The van der Waals surface area contributed by atoms with Gasteiger partial charge in [-0.05, 0) is 38.4 Å². The summed E-state index contributed by atoms with van der Waals surface area (Å²) in [5.74, 6) is -0.0688. The molecule has 1 atom stereocenters. The minimum Gasteiger partial charge on any atom is -0.354 e. The second kappa shape index (κ2) is 7.74. The van der Waals surface area contributed by atoms with Crippen molar-refractivity contribution in [2.75, 3.05) is 40.0 Å². The fourth-order valence-electron chi connectivity index (χ4n) is 2.81. The predicted octanol–water partition coefficient (Wildman–Crippen LogP) is 1.14. The van der Waals surface area contributed by atoms with Crippen LogP contribution in [-0.4, -0.2) is 63.5 Å². The zero-order valence-corrected chi connectivity index (χ0v) is 15.5. The van der Waals surface area contributed by atoms with Crippen molar-refractivity contribution >= 4 is 27.3 Å². The second-order valence-corrected chi connectivity index (χ2v) is 9.14. The first-order valence-corrected chi connectivity index (χ1v) is 10.4. The Labute approximate surface area is 142 Å². The van der Waals surface area contributed by atoms with Crippen LogP contribution < -0.4 is 5.32 Å². The Bertz CT molecular complexity index is 606. The van der Waals surface area contributed by atoms with E-state index in [0.717, 1.165) is 0 Å². The van der Waals surface area contributed by atoms with Gasteiger partial charge in [-0.1, -0.05) is 6.07 Å². The average Bonchev–Trinajstić information content (AvgIpc) is 3.00. The van der Waals surface area contributed by atoms with Crippen molar-refractivity contribution in [2.24, 2.45) is 5.92 Å². The van der Waals surface area contributed by atoms with Crippen LogP contribution in [0.5, 0.6) is 0 Å². The Morgan fingerprint density at radius 1 is 1.43 bits per heavy atom. The van der Waals surface area contributed by atoms with Crippen LogP contribution in [0.4, 0.5) is 0 Å². The van der Waals surface area contributed by atoms with Crippen molar-refractivity contribution in [3.05, 3.63) is 22.4 Å². The van der Waals surface area contributed by atoms with Crippen LogP contribution in [0.1, 0.15) is 23.8 Å². The fourth-order valence-corrected chi connectivity index (χ4v) is 4.61. The lowest BCUT2D eigenvalue weighted by atomic mass is 9.97. The molecule has 8 heteroatoms. The number of sulfonamides is 1. The number of hydrogen-bond donors (Lipinski definition) is 1. The monoisotopic (exact) mass is 359 g/mol. The molecule has 1 amide bonds. The summed E-state index contributed by atoms with van der Waals surface area (Å²) in [6.07, 6.45) is 2.39. The molecule has 130 valence electrons. The minimum atomic E-state index is -3.15. The molecule has 0 aromatic carbocycles. The normalized spacial score (nSPS) is 19.0. The number of rotatable bonds is 6. The largest absolute Gasteiger partial charge is 0.354 e. The highest BCUT2D eigenvalue weighted by Crippen LogP contribution is 2.23. The average molecular weight is 360 g/mol. The number of carbonyl (C=O) groups is 1. The number of nitrogens with zero attached hydrogens (tertiary/aromatic N) is 2. The van der Waals surface area contributed by atoms with Crippen LogP contribution >= 0.6 is 11.3 Å². The number of thiophene rings is 1. The summed E-state index contributed by atoms with van der Waals surface area (Å²) in [7, 11) is 0.857. The van der Waals surface area contributed by atoms with Crippen molar-refractivity contribution in [3.63, 3.8) is 0 Å². The third-order valence-corrected chi connectivity index (χ3v) is 6.54. The zero-order valence-electron chi connectivity index (χ0n) is 13.9. The van der Waals surface area contributed by atoms with Gasteiger partial charge < -0.3 is 10.2 Å². The van der Waals surface area contributed by atoms with E-state index in [0.29, 0.717) is 32.5 Å². The molecule has 23 heavy (non-hydrogen) atoms. The minimum absolute atomic E-state index is 0.0292. The molecule has 1 aromatic heterocycles. The molecule has 1 fully saturated rings. The summed E-state index contributed by atoms with van der Waals surface area (Å²) in [6.45, 7) is 1.43. The highest BCUT2D eigenvalue weighted by Gasteiger charge is 2.29. The number of hydrogen-bond acceptors (Lipinski definition) is 5. The Hall–Kier alpha value is -0.960. The van der Waals surface area contributed by atoms with Gasteiger partial charge in [-0.2, -0.15) is 0 Å². The van der Waals surface area contributed by atoms with Gasteiger partial charge in [0.25, 0.3) is 0 Å². The molecule has 1 saturated heterocycles. The van der Waals surface area contributed by atoms with Gasteiger partial charge >= 0.3 is 0 Å². The van der Waals surface area contributed by atoms with E-state index < -0.39 is 10.0 Å². The van der Waals surface area contributed by atoms with E-state index in [-0.39, 0.29) is 17.9 Å². The molecule has 0 spiro atoms. The van der Waals surface area contributed by atoms with Crippen LogP contribution in [0, 0.1) is 5.92 Å². The Morgan fingerprint density at radius 3 is 2.57 bits per heavy atom. The van der Waals surface area contributed by atoms with Gasteiger partial charge in [0.1, 0.15) is 0 Å². The van der Waals surface area contributed by atoms with Gasteiger partial charge in [0, 0.05) is 30.4 Å². The maximum atomic E-state index is 12.4. The van der Waals surface area contributed by atoms with E-state index >= 15 is 0 Å². The lowest BCUT2D eigenvalue weighted by Crippen LogP contribution is -2.44. The quantitative estimate of drug-likeness (QED) is 0.827. The summed E-state index contributed by atoms with van der Waals surface area (Å²) in [6, 6.07) is 4.25. The molecule has 2 rings (SSSR count). The van der Waals surface area contributed by atoms with Crippen LogP contribution in [0.2, 0.25) is 0 Å². The van der Waals surface area contributed by atoms with Crippen molar-refractivity contribution < 1.29 is 13.2 Å². The predicted molar refractivity (Wildman–Crippen MR) is 92.9 cm³/mol. The maximum Gasteiger partial charge on any atom is 0.223 e. The van der Waals surface area contributed by atoms with E-state index in [1.54, 1.807) is 11.3 Å². The topological polar surface area (TPSA) is 69.7 Å². The van der Waals surface area contributed by atoms with Crippen molar-refractivity contribution in [1.82, 2.24) is 14.5 Å². The zero-order chi connectivity index (χ0) is 17.0. The molecule has 2 heterocycles. The first-order chi connectivity index (χ1) is 10.8. The summed E-state index contributed by atoms with van der Waals surface area (Å²) >= 11 is 1.68. The molecule has 1 aromatic rings. The summed E-state index contributed by atoms with van der Waals surface area (Å²) in [5.41, 5.74) is 0. The summed E-state index contributed by atoms with van der Waals surface area (Å²) in [4.78, 5) is 15.7. The number of carbonyl (C=O) groups excluding carboxylic acids is 1. The maximum absolute atomic E-state index is 12.4. The highest BCUT2D eigenvalue weighted by molar-refractivity contribution is 7.88. The van der Waals surface area contributed by atoms with E-state index in [1.807, 2.05) is 25.5 Å². The standard InChI is InChI=1S/C15H25N3O3S2/c1-17(2)13(14-5-4-10-22-14)11-16-15(19)12-6-8-18(9-7-12)23(3,20)21/h4-5,10,12-13H,6-9,11H2,1-3H3,(H,16,19)/t13-/m0/s1. The molecule has 0 bridgehead atoms. The molecule has 1 aliphatic heterocycles. The Morgan fingerprint density at radius 2 is 2.09 bits per heavy atom. The molecule has 0 aliphatic carbocycles. The van der Waals surface area contributed by atoms with E-state index in [4.69, 9.17) is 0 Å². The van der Waals surface area contributed by atoms with Crippen molar-refractivity contribution in [1.29, 1.82) is 0 Å². The van der Waals surface area contributed by atoms with Crippen molar-refractivity contribution in [3.8, 4) is 0 Å². The Kier molecular flexibility index (Phi) is 6.19. The lowest BCUT2D eigenvalue weighted by Gasteiger charge is -2.30. The van der Waals surface area contributed by atoms with E-state index in [2.05, 4.69) is 16.3 Å². The summed E-state index contributed by atoms with van der Waals surface area (Å²) in [5, 5.41) is 5.07. The molecule has 1 N–H and O–H groups in total. The summed E-state index contributed by atoms with van der Waals surface area (Å²) < 4.78 is 24.5. The van der Waals surface area contributed by atoms with E-state index in [1.165, 1.54) is 15.4 Å². The first-order valence-electron chi connectivity index (χ1n) is 7.71. The number of piperidine rings is 1. The second-order valence-electron chi connectivity index (χ2n) is 6.18. The fraction of sp³-hybridized carbons (Fsp3) is 0.667. The molecule has 0 unspecified atom stereocenters.